The average Bonchev–Trinajstić information content (AvgIpc) is 2.74. The molecule has 0 atom stereocenters. The fourth-order valence-electron chi connectivity index (χ4n) is 3.42. The van der Waals surface area contributed by atoms with Gasteiger partial charge in [-0.3, -0.25) is 9.59 Å². The molecule has 176 valence electrons. The van der Waals surface area contributed by atoms with Gasteiger partial charge in [0, 0.05) is 12.8 Å². The van der Waals surface area contributed by atoms with Crippen LogP contribution in [0.4, 0.5) is 0 Å². The molecule has 0 fully saturated rings. The lowest BCUT2D eigenvalue weighted by molar-refractivity contribution is -0.138. The van der Waals surface area contributed by atoms with E-state index >= 15 is 0 Å². The first kappa shape index (κ1) is 26.8. The number of unbranched alkanes of at least 4 members (excludes halogenated alkanes) is 11. The molecule has 0 aliphatic heterocycles. The van der Waals surface area contributed by atoms with E-state index in [1.807, 2.05) is 24.3 Å². The van der Waals surface area contributed by atoms with Crippen molar-refractivity contribution >= 4 is 11.9 Å². The summed E-state index contributed by atoms with van der Waals surface area (Å²) in [5.41, 5.74) is 0. The summed E-state index contributed by atoms with van der Waals surface area (Å²) >= 11 is 0. The van der Waals surface area contributed by atoms with Crippen LogP contribution >= 0.6 is 0 Å². The number of para-hydroxylation sites is 2. The summed E-state index contributed by atoms with van der Waals surface area (Å²) in [5, 5.41) is 17.3. The SMILES string of the molecule is O=C(O)CCCCCCCCCCCCCCOc1ccccc1OCCCC(=O)O. The van der Waals surface area contributed by atoms with Crippen LogP contribution in [0.15, 0.2) is 24.3 Å². The van der Waals surface area contributed by atoms with Gasteiger partial charge in [0.2, 0.25) is 0 Å². The first-order valence-corrected chi connectivity index (χ1v) is 11.9. The van der Waals surface area contributed by atoms with Gasteiger partial charge in [0.05, 0.1) is 13.2 Å². The number of rotatable bonds is 21. The fraction of sp³-hybridized carbons (Fsp3) is 0.680. The average molecular weight is 437 g/mol. The lowest BCUT2D eigenvalue weighted by Gasteiger charge is -2.12. The normalized spacial score (nSPS) is 10.7. The summed E-state index contributed by atoms with van der Waals surface area (Å²) in [4.78, 5) is 21.0. The molecule has 0 bridgehead atoms. The quantitative estimate of drug-likeness (QED) is 0.215. The number of aliphatic carboxylic acids is 2. The Morgan fingerprint density at radius 2 is 0.903 bits per heavy atom. The topological polar surface area (TPSA) is 93.1 Å². The minimum atomic E-state index is -0.807. The number of hydrogen-bond acceptors (Lipinski definition) is 4. The zero-order valence-electron chi connectivity index (χ0n) is 18.9. The van der Waals surface area contributed by atoms with Gasteiger partial charge in [0.25, 0.3) is 0 Å². The maximum Gasteiger partial charge on any atom is 0.303 e. The number of ether oxygens (including phenoxy) is 2. The minimum absolute atomic E-state index is 0.109. The van der Waals surface area contributed by atoms with Crippen molar-refractivity contribution < 1.29 is 29.3 Å². The maximum atomic E-state index is 10.6. The summed E-state index contributed by atoms with van der Waals surface area (Å²) in [6, 6.07) is 7.54. The van der Waals surface area contributed by atoms with Gasteiger partial charge in [-0.2, -0.15) is 0 Å². The van der Waals surface area contributed by atoms with Crippen molar-refractivity contribution in [3.05, 3.63) is 24.3 Å². The van der Waals surface area contributed by atoms with Crippen molar-refractivity contribution in [2.45, 2.75) is 96.3 Å². The molecule has 1 aromatic rings. The van der Waals surface area contributed by atoms with Gasteiger partial charge in [0.1, 0.15) is 0 Å². The highest BCUT2D eigenvalue weighted by atomic mass is 16.5. The monoisotopic (exact) mass is 436 g/mol. The number of benzene rings is 1. The van der Waals surface area contributed by atoms with E-state index in [2.05, 4.69) is 0 Å². The third-order valence-electron chi connectivity index (χ3n) is 5.18. The van der Waals surface area contributed by atoms with E-state index in [1.165, 1.54) is 44.9 Å². The summed E-state index contributed by atoms with van der Waals surface area (Å²) < 4.78 is 11.5. The second kappa shape index (κ2) is 18.5. The Labute approximate surface area is 187 Å². The molecule has 1 aromatic carbocycles. The highest BCUT2D eigenvalue weighted by Crippen LogP contribution is 2.27. The summed E-state index contributed by atoms with van der Waals surface area (Å²) in [6.45, 7) is 1.04. The lowest BCUT2D eigenvalue weighted by Crippen LogP contribution is -2.04. The van der Waals surface area contributed by atoms with Crippen molar-refractivity contribution in [2.24, 2.45) is 0 Å². The van der Waals surface area contributed by atoms with E-state index in [1.54, 1.807) is 0 Å². The van der Waals surface area contributed by atoms with E-state index in [4.69, 9.17) is 19.7 Å². The van der Waals surface area contributed by atoms with Crippen LogP contribution in [0.5, 0.6) is 11.5 Å². The molecule has 0 aliphatic carbocycles. The Bertz CT molecular complexity index is 601. The Kier molecular flexibility index (Phi) is 16.0. The highest BCUT2D eigenvalue weighted by Gasteiger charge is 2.05. The number of carboxylic acids is 2. The van der Waals surface area contributed by atoms with Gasteiger partial charge in [0.15, 0.2) is 11.5 Å². The van der Waals surface area contributed by atoms with E-state index in [0.717, 1.165) is 37.9 Å². The van der Waals surface area contributed by atoms with Crippen molar-refractivity contribution in [3.8, 4) is 11.5 Å². The Morgan fingerprint density at radius 3 is 1.35 bits per heavy atom. The van der Waals surface area contributed by atoms with Gasteiger partial charge < -0.3 is 19.7 Å². The van der Waals surface area contributed by atoms with Gasteiger partial charge in [-0.25, -0.2) is 0 Å². The molecule has 31 heavy (non-hydrogen) atoms. The zero-order valence-corrected chi connectivity index (χ0v) is 18.9. The third kappa shape index (κ3) is 16.2. The van der Waals surface area contributed by atoms with Crippen molar-refractivity contribution in [1.82, 2.24) is 0 Å². The molecule has 0 saturated carbocycles. The van der Waals surface area contributed by atoms with Crippen molar-refractivity contribution in [2.75, 3.05) is 13.2 Å². The molecule has 0 aliphatic rings. The van der Waals surface area contributed by atoms with E-state index in [-0.39, 0.29) is 6.42 Å². The largest absolute Gasteiger partial charge is 0.490 e. The van der Waals surface area contributed by atoms with Crippen LogP contribution in [0.1, 0.15) is 96.3 Å². The van der Waals surface area contributed by atoms with Gasteiger partial charge in [-0.1, -0.05) is 76.3 Å². The smallest absolute Gasteiger partial charge is 0.303 e. The standard InChI is InChI=1S/C25H40O6/c26-24(27)18-11-9-7-5-3-1-2-4-6-8-10-14-20-30-22-16-12-13-17-23(22)31-21-15-19-25(28)29/h12-13,16-17H,1-11,14-15,18-21H2,(H,26,27)(H,28,29). The summed E-state index contributed by atoms with van der Waals surface area (Å²) in [5.74, 6) is -0.0935. The molecule has 0 unspecified atom stereocenters. The molecule has 0 radical (unpaired) electrons. The van der Waals surface area contributed by atoms with Gasteiger partial charge in [-0.15, -0.1) is 0 Å². The first-order chi connectivity index (χ1) is 15.1. The van der Waals surface area contributed by atoms with Crippen molar-refractivity contribution in [1.29, 1.82) is 0 Å². The molecule has 0 heterocycles. The maximum absolute atomic E-state index is 10.6. The van der Waals surface area contributed by atoms with Gasteiger partial charge in [-0.05, 0) is 31.4 Å². The predicted molar refractivity (Wildman–Crippen MR) is 122 cm³/mol. The molecule has 6 heteroatoms. The second-order valence-corrected chi connectivity index (χ2v) is 8.03. The van der Waals surface area contributed by atoms with E-state index in [9.17, 15) is 9.59 Å². The molecule has 0 saturated heterocycles. The molecule has 2 N–H and O–H groups in total. The molecule has 6 nitrogen and oxygen atoms in total. The molecule has 0 amide bonds. The fourth-order valence-corrected chi connectivity index (χ4v) is 3.42. The Balaban J connectivity index is 1.94. The summed E-state index contributed by atoms with van der Waals surface area (Å²) in [7, 11) is 0. The zero-order chi connectivity index (χ0) is 22.6. The molecule has 0 aromatic heterocycles. The minimum Gasteiger partial charge on any atom is -0.490 e. The number of carboxylic acid groups (broad SMARTS) is 2. The van der Waals surface area contributed by atoms with Crippen LogP contribution < -0.4 is 9.47 Å². The number of hydrogen-bond donors (Lipinski definition) is 2. The first-order valence-electron chi connectivity index (χ1n) is 11.9. The molecule has 1 rings (SSSR count). The summed E-state index contributed by atoms with van der Waals surface area (Å²) in [6.07, 6.45) is 14.9. The van der Waals surface area contributed by atoms with Crippen molar-refractivity contribution in [3.63, 3.8) is 0 Å². The Hall–Kier alpha value is -2.24. The number of carbonyl (C=O) groups is 2. The predicted octanol–water partition coefficient (Wildman–Crippen LogP) is 6.46. The van der Waals surface area contributed by atoms with Gasteiger partial charge >= 0.3 is 11.9 Å². The van der Waals surface area contributed by atoms with Crippen LogP contribution in [0.25, 0.3) is 0 Å². The lowest BCUT2D eigenvalue weighted by atomic mass is 10.0. The molecular formula is C25H40O6. The van der Waals surface area contributed by atoms with Crippen LogP contribution in [0.2, 0.25) is 0 Å². The highest BCUT2D eigenvalue weighted by molar-refractivity contribution is 5.66. The van der Waals surface area contributed by atoms with Crippen LogP contribution in [-0.4, -0.2) is 35.4 Å². The van der Waals surface area contributed by atoms with E-state index < -0.39 is 11.9 Å². The Morgan fingerprint density at radius 1 is 0.548 bits per heavy atom. The molecular weight excluding hydrogens is 396 g/mol. The third-order valence-corrected chi connectivity index (χ3v) is 5.18. The van der Waals surface area contributed by atoms with Crippen LogP contribution in [0, 0.1) is 0 Å². The van der Waals surface area contributed by atoms with E-state index in [0.29, 0.717) is 31.8 Å². The molecule has 0 spiro atoms. The van der Waals surface area contributed by atoms with Crippen LogP contribution in [0.3, 0.4) is 0 Å². The van der Waals surface area contributed by atoms with Crippen LogP contribution in [-0.2, 0) is 9.59 Å². The second-order valence-electron chi connectivity index (χ2n) is 8.03.